The van der Waals surface area contributed by atoms with E-state index >= 15 is 0 Å². The number of rotatable bonds is 4. The SMILES string of the molecule is CC(CC1CC1)Nc1nc(Cl)nc2nc[nH]c12. The summed E-state index contributed by atoms with van der Waals surface area (Å²) in [6.07, 6.45) is 5.50. The van der Waals surface area contributed by atoms with E-state index in [0.29, 0.717) is 11.7 Å². The molecule has 1 atom stereocenters. The lowest BCUT2D eigenvalue weighted by molar-refractivity contribution is 0.640. The minimum absolute atomic E-state index is 0.228. The first-order valence-corrected chi connectivity index (χ1v) is 6.23. The molecule has 2 N–H and O–H groups in total. The summed E-state index contributed by atoms with van der Waals surface area (Å²) in [5.74, 6) is 1.62. The second kappa shape index (κ2) is 4.14. The second-order valence-corrected chi connectivity index (χ2v) is 5.00. The first kappa shape index (κ1) is 10.8. The predicted octanol–water partition coefficient (Wildman–Crippen LogP) is 2.61. The molecule has 0 aromatic carbocycles. The molecule has 0 aliphatic heterocycles. The zero-order valence-corrected chi connectivity index (χ0v) is 10.3. The molecule has 0 radical (unpaired) electrons. The highest BCUT2D eigenvalue weighted by atomic mass is 35.5. The molecule has 2 aromatic heterocycles. The molecule has 2 heterocycles. The number of halogens is 1. The molecule has 2 aromatic rings. The Bertz CT molecular complexity index is 534. The Morgan fingerprint density at radius 1 is 1.53 bits per heavy atom. The summed E-state index contributed by atoms with van der Waals surface area (Å²) in [5, 5.41) is 3.60. The number of aromatic amines is 1. The second-order valence-electron chi connectivity index (χ2n) is 4.67. The average Bonchev–Trinajstić information content (AvgIpc) is 2.94. The van der Waals surface area contributed by atoms with Crippen molar-refractivity contribution in [1.29, 1.82) is 0 Å². The number of imidazole rings is 1. The average molecular weight is 252 g/mol. The predicted molar refractivity (Wildman–Crippen MR) is 67.1 cm³/mol. The van der Waals surface area contributed by atoms with Gasteiger partial charge in [0.15, 0.2) is 11.5 Å². The van der Waals surface area contributed by atoms with Crippen molar-refractivity contribution in [3.05, 3.63) is 11.6 Å². The molecule has 0 saturated heterocycles. The zero-order chi connectivity index (χ0) is 11.8. The molecule has 5 nitrogen and oxygen atoms in total. The molecule has 90 valence electrons. The van der Waals surface area contributed by atoms with Gasteiger partial charge in [0, 0.05) is 6.04 Å². The summed E-state index contributed by atoms with van der Waals surface area (Å²) in [6, 6.07) is 0.389. The van der Waals surface area contributed by atoms with Gasteiger partial charge in [0.05, 0.1) is 6.33 Å². The van der Waals surface area contributed by atoms with Crippen molar-refractivity contribution in [2.75, 3.05) is 5.32 Å². The molecule has 1 saturated carbocycles. The van der Waals surface area contributed by atoms with E-state index in [0.717, 1.165) is 17.3 Å². The summed E-state index contributed by atoms with van der Waals surface area (Å²) in [5.41, 5.74) is 1.42. The van der Waals surface area contributed by atoms with Crippen molar-refractivity contribution < 1.29 is 0 Å². The molecular formula is C11H14ClN5. The molecule has 1 fully saturated rings. The van der Waals surface area contributed by atoms with Gasteiger partial charge in [-0.05, 0) is 30.9 Å². The van der Waals surface area contributed by atoms with E-state index in [2.05, 4.69) is 32.2 Å². The third-order valence-corrected chi connectivity index (χ3v) is 3.19. The minimum atomic E-state index is 0.228. The number of nitrogens with one attached hydrogen (secondary N) is 2. The standard InChI is InChI=1S/C11H14ClN5/c1-6(4-7-2-3-7)15-10-8-9(14-5-13-8)16-11(12)17-10/h5-7H,2-4H2,1H3,(H2,13,14,15,16,17). The highest BCUT2D eigenvalue weighted by Gasteiger charge is 2.24. The van der Waals surface area contributed by atoms with Gasteiger partial charge >= 0.3 is 0 Å². The number of fused-ring (bicyclic) bond motifs is 1. The maximum Gasteiger partial charge on any atom is 0.226 e. The molecule has 0 amide bonds. The number of aromatic nitrogens is 4. The molecular weight excluding hydrogens is 238 g/mol. The normalized spacial score (nSPS) is 17.3. The van der Waals surface area contributed by atoms with Crippen LogP contribution >= 0.6 is 11.6 Å². The van der Waals surface area contributed by atoms with Gasteiger partial charge < -0.3 is 10.3 Å². The number of anilines is 1. The Labute approximate surface area is 104 Å². The maximum atomic E-state index is 5.87. The van der Waals surface area contributed by atoms with Crippen molar-refractivity contribution in [3.63, 3.8) is 0 Å². The van der Waals surface area contributed by atoms with Crippen LogP contribution in [0.1, 0.15) is 26.2 Å². The molecule has 0 bridgehead atoms. The maximum absolute atomic E-state index is 5.87. The Kier molecular flexibility index (Phi) is 2.63. The van der Waals surface area contributed by atoms with Gasteiger partial charge in [0.2, 0.25) is 5.28 Å². The van der Waals surface area contributed by atoms with E-state index in [1.807, 2.05) is 0 Å². The molecule has 6 heteroatoms. The van der Waals surface area contributed by atoms with Crippen molar-refractivity contribution in [2.24, 2.45) is 5.92 Å². The third-order valence-electron chi connectivity index (χ3n) is 3.03. The van der Waals surface area contributed by atoms with Gasteiger partial charge in [-0.1, -0.05) is 12.8 Å². The molecule has 1 aliphatic carbocycles. The van der Waals surface area contributed by atoms with E-state index < -0.39 is 0 Å². The van der Waals surface area contributed by atoms with Crippen LogP contribution in [-0.2, 0) is 0 Å². The molecule has 17 heavy (non-hydrogen) atoms. The third kappa shape index (κ3) is 2.34. The molecule has 3 rings (SSSR count). The van der Waals surface area contributed by atoms with E-state index in [1.165, 1.54) is 19.3 Å². The van der Waals surface area contributed by atoms with E-state index in [1.54, 1.807) is 6.33 Å². The zero-order valence-electron chi connectivity index (χ0n) is 9.57. The van der Waals surface area contributed by atoms with Gasteiger partial charge in [-0.25, -0.2) is 4.98 Å². The Hall–Kier alpha value is -1.36. The fourth-order valence-electron chi connectivity index (χ4n) is 2.06. The summed E-state index contributed by atoms with van der Waals surface area (Å²) in [4.78, 5) is 15.4. The number of nitrogens with zero attached hydrogens (tertiary/aromatic N) is 3. The summed E-state index contributed by atoms with van der Waals surface area (Å²) >= 11 is 5.87. The van der Waals surface area contributed by atoms with Crippen LogP contribution in [-0.4, -0.2) is 26.0 Å². The summed E-state index contributed by atoms with van der Waals surface area (Å²) in [6.45, 7) is 2.16. The van der Waals surface area contributed by atoms with E-state index in [9.17, 15) is 0 Å². The van der Waals surface area contributed by atoms with Crippen molar-refractivity contribution in [2.45, 2.75) is 32.2 Å². The lowest BCUT2D eigenvalue weighted by Gasteiger charge is -2.14. The van der Waals surface area contributed by atoms with Crippen LogP contribution < -0.4 is 5.32 Å². The van der Waals surface area contributed by atoms with E-state index in [-0.39, 0.29) is 5.28 Å². The van der Waals surface area contributed by atoms with Gasteiger partial charge in [-0.2, -0.15) is 9.97 Å². The quantitative estimate of drug-likeness (QED) is 0.820. The molecule has 1 aliphatic rings. The number of hydrogen-bond acceptors (Lipinski definition) is 4. The Morgan fingerprint density at radius 3 is 3.12 bits per heavy atom. The van der Waals surface area contributed by atoms with Crippen LogP contribution in [0.5, 0.6) is 0 Å². The first-order chi connectivity index (χ1) is 8.22. The largest absolute Gasteiger partial charge is 0.366 e. The highest BCUT2D eigenvalue weighted by molar-refractivity contribution is 6.28. The van der Waals surface area contributed by atoms with Gasteiger partial charge in [0.1, 0.15) is 5.52 Å². The summed E-state index contributed by atoms with van der Waals surface area (Å²) < 4.78 is 0. The van der Waals surface area contributed by atoms with Crippen LogP contribution in [0.4, 0.5) is 5.82 Å². The lowest BCUT2D eigenvalue weighted by Crippen LogP contribution is -2.17. The van der Waals surface area contributed by atoms with Crippen LogP contribution in [0.15, 0.2) is 6.33 Å². The monoisotopic (exact) mass is 251 g/mol. The first-order valence-electron chi connectivity index (χ1n) is 5.85. The van der Waals surface area contributed by atoms with Crippen molar-refractivity contribution >= 4 is 28.6 Å². The number of H-pyrrole nitrogens is 1. The summed E-state index contributed by atoms with van der Waals surface area (Å²) in [7, 11) is 0. The Morgan fingerprint density at radius 2 is 2.35 bits per heavy atom. The van der Waals surface area contributed by atoms with E-state index in [4.69, 9.17) is 11.6 Å². The fraction of sp³-hybridized carbons (Fsp3) is 0.545. The lowest BCUT2D eigenvalue weighted by atomic mass is 10.1. The van der Waals surface area contributed by atoms with Crippen LogP contribution in [0.2, 0.25) is 5.28 Å². The van der Waals surface area contributed by atoms with Crippen LogP contribution in [0.25, 0.3) is 11.2 Å². The van der Waals surface area contributed by atoms with Gasteiger partial charge in [-0.3, -0.25) is 0 Å². The van der Waals surface area contributed by atoms with Gasteiger partial charge in [-0.15, -0.1) is 0 Å². The highest BCUT2D eigenvalue weighted by Crippen LogP contribution is 2.34. The van der Waals surface area contributed by atoms with Gasteiger partial charge in [0.25, 0.3) is 0 Å². The fourth-order valence-corrected chi connectivity index (χ4v) is 2.22. The van der Waals surface area contributed by atoms with Crippen LogP contribution in [0, 0.1) is 5.92 Å². The Balaban J connectivity index is 1.84. The smallest absolute Gasteiger partial charge is 0.226 e. The van der Waals surface area contributed by atoms with Crippen molar-refractivity contribution in [1.82, 2.24) is 19.9 Å². The minimum Gasteiger partial charge on any atom is -0.366 e. The molecule has 0 spiro atoms. The van der Waals surface area contributed by atoms with Crippen molar-refractivity contribution in [3.8, 4) is 0 Å². The number of hydrogen-bond donors (Lipinski definition) is 2. The topological polar surface area (TPSA) is 66.5 Å². The molecule has 1 unspecified atom stereocenters. The van der Waals surface area contributed by atoms with Crippen LogP contribution in [0.3, 0.4) is 0 Å².